The summed E-state index contributed by atoms with van der Waals surface area (Å²) in [6.45, 7) is 4.02. The zero-order chi connectivity index (χ0) is 57.6. The Kier molecular flexibility index (Phi) is 64.9. The van der Waals surface area contributed by atoms with Crippen LogP contribution in [0.15, 0.2) is 158 Å². The summed E-state index contributed by atoms with van der Waals surface area (Å²) in [5.41, 5.74) is 0. The number of rotatable bonds is 59. The SMILES string of the molecule is CC/C=C\C/C=C\C/C=C\C/C=C\C/C=C\C/C=C\C/C=C\C/C=C\C/C=C\C/C=C\C/C=C\C/C=C\CCCCCCC(=O)OC(CO)COC(=O)CCCCCCCCCCCCCCC/C=C\CCCCCCCCCC. The van der Waals surface area contributed by atoms with Gasteiger partial charge in [0.1, 0.15) is 6.61 Å². The van der Waals surface area contributed by atoms with Gasteiger partial charge in [0, 0.05) is 12.8 Å². The van der Waals surface area contributed by atoms with Crippen LogP contribution in [0.2, 0.25) is 0 Å². The number of hydrogen-bond donors (Lipinski definition) is 1. The van der Waals surface area contributed by atoms with Crippen LogP contribution in [0.3, 0.4) is 0 Å². The summed E-state index contributed by atoms with van der Waals surface area (Å²) in [5, 5.41) is 9.68. The van der Waals surface area contributed by atoms with Crippen LogP contribution in [0.25, 0.3) is 0 Å². The number of aliphatic hydroxyl groups is 1. The third kappa shape index (κ3) is 66.0. The lowest BCUT2D eigenvalue weighted by Gasteiger charge is -2.15. The van der Waals surface area contributed by atoms with Crippen molar-refractivity contribution in [1.29, 1.82) is 0 Å². The molecular formula is C75H122O5. The zero-order valence-corrected chi connectivity index (χ0v) is 51.8. The van der Waals surface area contributed by atoms with E-state index in [-0.39, 0.29) is 25.2 Å². The van der Waals surface area contributed by atoms with Crippen LogP contribution < -0.4 is 0 Å². The standard InChI is InChI=1S/C75H122O5/c1-3-5-7-9-11-13-15-17-19-21-23-25-27-29-30-31-32-33-34-35-36-37-38-39-40-41-42-43-44-46-48-50-52-54-56-58-60-62-64-66-68-70-75(78)80-73(71-76)72-79-74(77)69-67-65-63-61-59-57-55-53-51-49-47-45-28-26-24-22-20-18-16-14-12-10-8-6-4-2/h5,7,11,13,17,19,22-25,29-30,32-33,35-36,38-39,41-42,44,46,50,52,56,58,73,76H,3-4,6,8-10,12,14-16,18,20-21,26-28,31,34,37,40,43,45,47-49,51,53-55,57,59-72H2,1-2H3/b7-5-,13-11-,19-17-,24-22-,25-23-,30-29-,33-32-,36-35-,39-38-,42-41-,46-44-,52-50-,58-56-. The monoisotopic (exact) mass is 1100 g/mol. The third-order valence-electron chi connectivity index (χ3n) is 13.8. The summed E-state index contributed by atoms with van der Waals surface area (Å²) in [5.74, 6) is -0.623. The van der Waals surface area contributed by atoms with Crippen molar-refractivity contribution < 1.29 is 24.2 Å². The Morgan fingerprint density at radius 2 is 0.537 bits per heavy atom. The molecule has 0 aromatic rings. The van der Waals surface area contributed by atoms with Gasteiger partial charge in [-0.2, -0.15) is 0 Å². The number of allylic oxidation sites excluding steroid dienone is 26. The summed E-state index contributed by atoms with van der Waals surface area (Å²) in [6.07, 6.45) is 105. The summed E-state index contributed by atoms with van der Waals surface area (Å²) >= 11 is 0. The van der Waals surface area contributed by atoms with Crippen molar-refractivity contribution in [3.63, 3.8) is 0 Å². The molecule has 0 spiro atoms. The van der Waals surface area contributed by atoms with Crippen LogP contribution in [0.5, 0.6) is 0 Å². The first-order chi connectivity index (χ1) is 39.6. The fraction of sp³-hybridized carbons (Fsp3) is 0.627. The fourth-order valence-corrected chi connectivity index (χ4v) is 8.89. The fourth-order valence-electron chi connectivity index (χ4n) is 8.89. The second-order valence-corrected chi connectivity index (χ2v) is 21.5. The van der Waals surface area contributed by atoms with Crippen LogP contribution in [-0.4, -0.2) is 36.4 Å². The van der Waals surface area contributed by atoms with E-state index in [0.29, 0.717) is 12.8 Å². The van der Waals surface area contributed by atoms with E-state index in [2.05, 4.69) is 172 Å². The first-order valence-corrected chi connectivity index (χ1v) is 33.0. The largest absolute Gasteiger partial charge is 0.462 e. The third-order valence-corrected chi connectivity index (χ3v) is 13.8. The molecule has 0 aliphatic rings. The number of ether oxygens (including phenoxy) is 2. The van der Waals surface area contributed by atoms with Gasteiger partial charge < -0.3 is 14.6 Å². The van der Waals surface area contributed by atoms with Gasteiger partial charge in [-0.15, -0.1) is 0 Å². The molecule has 0 rings (SSSR count). The number of hydrogen-bond acceptors (Lipinski definition) is 5. The molecular weight excluding hydrogens is 981 g/mol. The predicted octanol–water partition coefficient (Wildman–Crippen LogP) is 23.1. The van der Waals surface area contributed by atoms with Crippen molar-refractivity contribution >= 4 is 11.9 Å². The minimum Gasteiger partial charge on any atom is -0.462 e. The van der Waals surface area contributed by atoms with E-state index in [1.165, 1.54) is 128 Å². The van der Waals surface area contributed by atoms with Crippen molar-refractivity contribution in [2.45, 2.75) is 290 Å². The Balaban J connectivity index is 3.63. The highest BCUT2D eigenvalue weighted by atomic mass is 16.6. The molecule has 0 fully saturated rings. The maximum atomic E-state index is 12.3. The van der Waals surface area contributed by atoms with Crippen LogP contribution in [0.4, 0.5) is 0 Å². The first kappa shape index (κ1) is 75.5. The van der Waals surface area contributed by atoms with E-state index in [9.17, 15) is 14.7 Å². The van der Waals surface area contributed by atoms with Gasteiger partial charge in [-0.25, -0.2) is 0 Å². The van der Waals surface area contributed by atoms with Crippen LogP contribution >= 0.6 is 0 Å². The number of carbonyl (C=O) groups excluding carboxylic acids is 2. The van der Waals surface area contributed by atoms with Crippen molar-refractivity contribution in [1.82, 2.24) is 0 Å². The number of carbonyl (C=O) groups is 2. The quantitative estimate of drug-likeness (QED) is 0.0373. The molecule has 0 bridgehead atoms. The van der Waals surface area contributed by atoms with E-state index >= 15 is 0 Å². The average Bonchev–Trinajstić information content (AvgIpc) is 3.46. The highest BCUT2D eigenvalue weighted by Gasteiger charge is 2.16. The van der Waals surface area contributed by atoms with Crippen LogP contribution in [-0.2, 0) is 19.1 Å². The molecule has 0 aromatic heterocycles. The van der Waals surface area contributed by atoms with E-state index in [0.717, 1.165) is 128 Å². The van der Waals surface area contributed by atoms with Gasteiger partial charge in [-0.05, 0) is 128 Å². The predicted molar refractivity (Wildman–Crippen MR) is 352 cm³/mol. The van der Waals surface area contributed by atoms with Crippen molar-refractivity contribution in [2.24, 2.45) is 0 Å². The Morgan fingerprint density at radius 1 is 0.300 bits per heavy atom. The maximum Gasteiger partial charge on any atom is 0.306 e. The molecule has 0 aliphatic heterocycles. The molecule has 0 heterocycles. The lowest BCUT2D eigenvalue weighted by atomic mass is 10.0. The normalized spacial score (nSPS) is 13.3. The summed E-state index contributed by atoms with van der Waals surface area (Å²) in [6, 6.07) is 0. The van der Waals surface area contributed by atoms with Crippen LogP contribution in [0.1, 0.15) is 284 Å². The van der Waals surface area contributed by atoms with Crippen molar-refractivity contribution in [2.75, 3.05) is 13.2 Å². The zero-order valence-electron chi connectivity index (χ0n) is 51.8. The molecule has 1 unspecified atom stereocenters. The Labute approximate surface area is 494 Å². The first-order valence-electron chi connectivity index (χ1n) is 33.0. The van der Waals surface area contributed by atoms with Gasteiger partial charge in [0.15, 0.2) is 6.10 Å². The average molecular weight is 1100 g/mol. The van der Waals surface area contributed by atoms with E-state index in [1.54, 1.807) is 0 Å². The summed E-state index contributed by atoms with van der Waals surface area (Å²) < 4.78 is 10.7. The Morgan fingerprint density at radius 3 is 0.825 bits per heavy atom. The molecule has 452 valence electrons. The summed E-state index contributed by atoms with van der Waals surface area (Å²) in [4.78, 5) is 24.6. The van der Waals surface area contributed by atoms with Gasteiger partial charge in [0.25, 0.3) is 0 Å². The van der Waals surface area contributed by atoms with Crippen molar-refractivity contribution in [3.05, 3.63) is 158 Å². The van der Waals surface area contributed by atoms with Gasteiger partial charge >= 0.3 is 11.9 Å². The smallest absolute Gasteiger partial charge is 0.306 e. The van der Waals surface area contributed by atoms with E-state index in [4.69, 9.17) is 9.47 Å². The Bertz CT molecular complexity index is 1730. The molecule has 0 amide bonds. The van der Waals surface area contributed by atoms with E-state index < -0.39 is 6.10 Å². The van der Waals surface area contributed by atoms with Gasteiger partial charge in [-0.3, -0.25) is 9.59 Å². The summed E-state index contributed by atoms with van der Waals surface area (Å²) in [7, 11) is 0. The molecule has 0 saturated carbocycles. The van der Waals surface area contributed by atoms with E-state index in [1.807, 2.05) is 0 Å². The van der Waals surface area contributed by atoms with Crippen molar-refractivity contribution in [3.8, 4) is 0 Å². The molecule has 1 N–H and O–H groups in total. The van der Waals surface area contributed by atoms with Gasteiger partial charge in [0.2, 0.25) is 0 Å². The topological polar surface area (TPSA) is 72.8 Å². The number of unbranched alkanes of at least 4 members (excludes halogenated alkanes) is 25. The molecule has 5 heteroatoms. The highest BCUT2D eigenvalue weighted by molar-refractivity contribution is 5.70. The minimum atomic E-state index is -0.797. The molecule has 0 aromatic carbocycles. The lowest BCUT2D eigenvalue weighted by molar-refractivity contribution is -0.161. The second kappa shape index (κ2) is 68.8. The van der Waals surface area contributed by atoms with Gasteiger partial charge in [0.05, 0.1) is 6.61 Å². The molecule has 5 nitrogen and oxygen atoms in total. The molecule has 1 atom stereocenters. The minimum absolute atomic E-state index is 0.0838. The van der Waals surface area contributed by atoms with Gasteiger partial charge in [-0.1, -0.05) is 300 Å². The molecule has 0 radical (unpaired) electrons. The number of aliphatic hydroxyl groups excluding tert-OH is 1. The lowest BCUT2D eigenvalue weighted by Crippen LogP contribution is -2.28. The Hall–Kier alpha value is -4.48. The maximum absolute atomic E-state index is 12.3. The molecule has 80 heavy (non-hydrogen) atoms. The second-order valence-electron chi connectivity index (χ2n) is 21.5. The highest BCUT2D eigenvalue weighted by Crippen LogP contribution is 2.15. The molecule has 0 saturated heterocycles. The van der Waals surface area contributed by atoms with Crippen LogP contribution in [0, 0.1) is 0 Å². The number of esters is 2. The molecule has 0 aliphatic carbocycles.